The number of halogens is 2. The van der Waals surface area contributed by atoms with E-state index in [2.05, 4.69) is 29.7 Å². The molecule has 0 bridgehead atoms. The third kappa shape index (κ3) is 3.74. The van der Waals surface area contributed by atoms with E-state index in [1.165, 1.54) is 23.5 Å². The molecule has 1 aromatic carbocycles. The number of aromatic amines is 1. The van der Waals surface area contributed by atoms with Crippen LogP contribution in [0.3, 0.4) is 0 Å². The summed E-state index contributed by atoms with van der Waals surface area (Å²) in [6, 6.07) is 2.66. The molecule has 0 radical (unpaired) electrons. The minimum absolute atomic E-state index is 0.100. The van der Waals surface area contributed by atoms with Gasteiger partial charge in [-0.05, 0) is 12.3 Å². The van der Waals surface area contributed by atoms with Crippen LogP contribution in [0.1, 0.15) is 22.4 Å². The summed E-state index contributed by atoms with van der Waals surface area (Å²) in [4.78, 5) is 23.6. The molecule has 4 rings (SSSR count). The molecule has 3 heterocycles. The van der Waals surface area contributed by atoms with Gasteiger partial charge in [0.25, 0.3) is 5.91 Å². The number of benzene rings is 1. The molecule has 140 valence electrons. The minimum atomic E-state index is -3.69. The molecule has 0 unspecified atom stereocenters. The number of allylic oxidation sites excluding steroid dienone is 1. The molecule has 1 amide bonds. The number of hydrogen-bond acceptors (Lipinski definition) is 7. The molecule has 27 heavy (non-hydrogen) atoms. The largest absolute Gasteiger partial charge is 0.586 e. The average Bonchev–Trinajstić information content (AvgIpc) is 3.27. The van der Waals surface area contributed by atoms with E-state index in [0.717, 1.165) is 5.01 Å². The van der Waals surface area contributed by atoms with Gasteiger partial charge >= 0.3 is 6.29 Å². The van der Waals surface area contributed by atoms with Crippen molar-refractivity contribution in [1.29, 1.82) is 0 Å². The van der Waals surface area contributed by atoms with Crippen LogP contribution in [0.2, 0.25) is 0 Å². The van der Waals surface area contributed by atoms with Crippen molar-refractivity contribution < 1.29 is 23.0 Å². The van der Waals surface area contributed by atoms with Crippen molar-refractivity contribution in [2.45, 2.75) is 19.0 Å². The molecule has 0 aliphatic carbocycles. The van der Waals surface area contributed by atoms with Crippen molar-refractivity contribution in [1.82, 2.24) is 15.0 Å². The monoisotopic (exact) mass is 410 g/mol. The summed E-state index contributed by atoms with van der Waals surface area (Å²) in [7, 11) is 0. The molecule has 0 spiro atoms. The molecule has 3 aromatic rings. The number of rotatable bonds is 5. The smallest absolute Gasteiger partial charge is 0.395 e. The van der Waals surface area contributed by atoms with Gasteiger partial charge in [-0.1, -0.05) is 6.08 Å². The summed E-state index contributed by atoms with van der Waals surface area (Å²) in [5, 5.41) is 7.06. The number of ether oxygens (including phenoxy) is 2. The van der Waals surface area contributed by atoms with Crippen LogP contribution in [0.4, 0.5) is 14.7 Å². The Morgan fingerprint density at radius 1 is 1.37 bits per heavy atom. The van der Waals surface area contributed by atoms with Crippen LogP contribution in [-0.4, -0.2) is 27.2 Å². The number of amides is 1. The van der Waals surface area contributed by atoms with E-state index >= 15 is 0 Å². The molecule has 0 saturated carbocycles. The third-order valence-electron chi connectivity index (χ3n) is 3.46. The highest BCUT2D eigenvalue weighted by Gasteiger charge is 2.43. The Labute approximate surface area is 159 Å². The number of nitrogens with zero attached hydrogens (tertiary/aromatic N) is 2. The van der Waals surface area contributed by atoms with E-state index in [-0.39, 0.29) is 23.1 Å². The molecule has 7 nitrogen and oxygen atoms in total. The minimum Gasteiger partial charge on any atom is -0.395 e. The summed E-state index contributed by atoms with van der Waals surface area (Å²) in [6.45, 7) is 1.93. The Morgan fingerprint density at radius 3 is 2.93 bits per heavy atom. The Bertz CT molecular complexity index is 1000. The molecule has 0 atom stereocenters. The summed E-state index contributed by atoms with van der Waals surface area (Å²) in [5.41, 5.74) is 1.06. The van der Waals surface area contributed by atoms with Gasteiger partial charge in [0.2, 0.25) is 5.95 Å². The molecule has 0 saturated heterocycles. The lowest BCUT2D eigenvalue weighted by Gasteiger charge is -2.04. The van der Waals surface area contributed by atoms with Gasteiger partial charge in [0, 0.05) is 23.3 Å². The lowest BCUT2D eigenvalue weighted by Crippen LogP contribution is -2.25. The highest BCUT2D eigenvalue weighted by Crippen LogP contribution is 2.42. The first-order valence-corrected chi connectivity index (χ1v) is 9.64. The predicted octanol–water partition coefficient (Wildman–Crippen LogP) is 4.36. The van der Waals surface area contributed by atoms with E-state index in [0.29, 0.717) is 16.8 Å². The normalized spacial score (nSPS) is 14.9. The fourth-order valence-electron chi connectivity index (χ4n) is 2.38. The van der Waals surface area contributed by atoms with Crippen LogP contribution < -0.4 is 14.8 Å². The highest BCUT2D eigenvalue weighted by molar-refractivity contribution is 8.01. The third-order valence-corrected chi connectivity index (χ3v) is 5.40. The van der Waals surface area contributed by atoms with Crippen molar-refractivity contribution in [3.63, 3.8) is 0 Å². The Hall–Kier alpha value is -2.66. The number of imidazole rings is 1. The Morgan fingerprint density at radius 2 is 2.15 bits per heavy atom. The first kappa shape index (κ1) is 17.7. The van der Waals surface area contributed by atoms with Crippen molar-refractivity contribution in [3.8, 4) is 11.5 Å². The fraction of sp³-hybridized carbons (Fsp3) is 0.188. The number of carbonyl (C=O) groups excluding carboxylic acids is 1. The summed E-state index contributed by atoms with van der Waals surface area (Å²) in [6.07, 6.45) is -1.76. The maximum absolute atomic E-state index is 13.1. The van der Waals surface area contributed by atoms with Crippen LogP contribution in [-0.2, 0) is 5.75 Å². The van der Waals surface area contributed by atoms with Gasteiger partial charge in [-0.15, -0.1) is 31.9 Å². The lowest BCUT2D eigenvalue weighted by molar-refractivity contribution is -0.286. The van der Waals surface area contributed by atoms with Crippen molar-refractivity contribution in [3.05, 3.63) is 39.7 Å². The van der Waals surface area contributed by atoms with Crippen LogP contribution >= 0.6 is 23.1 Å². The highest BCUT2D eigenvalue weighted by atomic mass is 32.2. The van der Waals surface area contributed by atoms with Crippen molar-refractivity contribution >= 4 is 46.0 Å². The molecule has 11 heteroatoms. The second-order valence-corrected chi connectivity index (χ2v) is 7.27. The average molecular weight is 410 g/mol. The maximum atomic E-state index is 13.1. The van der Waals surface area contributed by atoms with Gasteiger partial charge in [-0.3, -0.25) is 10.1 Å². The van der Waals surface area contributed by atoms with Crippen LogP contribution in [0, 0.1) is 0 Å². The summed E-state index contributed by atoms with van der Waals surface area (Å²) >= 11 is 2.99. The van der Waals surface area contributed by atoms with Crippen LogP contribution in [0.5, 0.6) is 11.5 Å². The number of carbonyl (C=O) groups is 1. The predicted molar refractivity (Wildman–Crippen MR) is 98.5 cm³/mol. The van der Waals surface area contributed by atoms with Gasteiger partial charge in [0.15, 0.2) is 11.5 Å². The zero-order valence-corrected chi connectivity index (χ0v) is 15.4. The van der Waals surface area contributed by atoms with Crippen LogP contribution in [0.25, 0.3) is 11.0 Å². The van der Waals surface area contributed by atoms with Gasteiger partial charge in [-0.25, -0.2) is 9.97 Å². The summed E-state index contributed by atoms with van der Waals surface area (Å²) in [5.74, 6) is 0.224. The lowest BCUT2D eigenvalue weighted by atomic mass is 10.3. The van der Waals surface area contributed by atoms with E-state index in [1.54, 1.807) is 17.1 Å². The molecular weight excluding hydrogens is 398 g/mol. The Kier molecular flexibility index (Phi) is 4.48. The number of nitrogens with one attached hydrogen (secondary N) is 2. The second kappa shape index (κ2) is 6.82. The van der Waals surface area contributed by atoms with E-state index in [9.17, 15) is 13.6 Å². The maximum Gasteiger partial charge on any atom is 0.586 e. The zero-order chi connectivity index (χ0) is 19.0. The van der Waals surface area contributed by atoms with Gasteiger partial charge in [0.1, 0.15) is 10.7 Å². The molecular formula is C16H12F2N4O3S2. The number of thiazole rings is 1. The SMILES string of the molecule is C/C=C\SCc1nc(C(=O)Nc2nc3cc4c(cc3[nH]2)OC(F)(F)O4)cs1. The van der Waals surface area contributed by atoms with Crippen molar-refractivity contribution in [2.75, 3.05) is 5.32 Å². The van der Waals surface area contributed by atoms with E-state index < -0.39 is 12.2 Å². The number of thioether (sulfide) groups is 1. The molecule has 1 aliphatic rings. The standard InChI is InChI=1S/C16H12F2N4O3S2/c1-2-3-26-7-13-19-10(6-27-13)14(23)22-15-20-8-4-11-12(5-9(8)21-15)25-16(17,18)24-11/h2-6H,7H2,1H3,(H2,20,21,22,23)/b3-2-. The fourth-order valence-corrected chi connectivity index (χ4v) is 3.91. The number of H-pyrrole nitrogens is 1. The van der Waals surface area contributed by atoms with Crippen molar-refractivity contribution in [2.24, 2.45) is 0 Å². The number of anilines is 1. The van der Waals surface area contributed by atoms with Gasteiger partial charge in [-0.2, -0.15) is 0 Å². The number of aromatic nitrogens is 3. The molecule has 1 aliphatic heterocycles. The first-order valence-electron chi connectivity index (χ1n) is 7.71. The number of hydrogen-bond donors (Lipinski definition) is 2. The number of alkyl halides is 2. The topological polar surface area (TPSA) is 89.1 Å². The summed E-state index contributed by atoms with van der Waals surface area (Å²) < 4.78 is 35.0. The van der Waals surface area contributed by atoms with Gasteiger partial charge in [0.05, 0.1) is 11.0 Å². The Balaban J connectivity index is 1.48. The zero-order valence-electron chi connectivity index (χ0n) is 13.8. The van der Waals surface area contributed by atoms with E-state index in [4.69, 9.17) is 0 Å². The number of fused-ring (bicyclic) bond motifs is 2. The first-order chi connectivity index (χ1) is 12.9. The second-order valence-electron chi connectivity index (χ2n) is 5.43. The molecule has 2 aromatic heterocycles. The molecule has 0 fully saturated rings. The molecule has 2 N–H and O–H groups in total. The van der Waals surface area contributed by atoms with Crippen LogP contribution in [0.15, 0.2) is 29.0 Å². The van der Waals surface area contributed by atoms with E-state index in [1.807, 2.05) is 18.4 Å². The van der Waals surface area contributed by atoms with Gasteiger partial charge < -0.3 is 14.5 Å². The quantitative estimate of drug-likeness (QED) is 0.650.